The Kier molecular flexibility index (Phi) is 4.65. The summed E-state index contributed by atoms with van der Waals surface area (Å²) in [5, 5.41) is 1.19. The van der Waals surface area contributed by atoms with Crippen molar-refractivity contribution >= 4 is 33.4 Å². The minimum Gasteiger partial charge on any atom is -0.277 e. The van der Waals surface area contributed by atoms with E-state index in [9.17, 15) is 12.8 Å². The van der Waals surface area contributed by atoms with Crippen molar-refractivity contribution in [2.45, 2.75) is 6.92 Å². The summed E-state index contributed by atoms with van der Waals surface area (Å²) in [6.45, 7) is 1.94. The van der Waals surface area contributed by atoms with Crippen LogP contribution in [0.4, 0.5) is 10.1 Å². The van der Waals surface area contributed by atoms with Crippen LogP contribution in [-0.4, -0.2) is 8.42 Å². The molecule has 6 heteroatoms. The Hall–Kier alpha value is -1.85. The van der Waals surface area contributed by atoms with Gasteiger partial charge in [-0.05, 0) is 36.8 Å². The van der Waals surface area contributed by atoms with Crippen LogP contribution in [0.3, 0.4) is 0 Å². The molecule has 0 heterocycles. The molecule has 0 spiro atoms. The third-order valence-corrected chi connectivity index (χ3v) is 3.93. The number of benzene rings is 2. The number of aryl methyl sites for hydroxylation is 1. The molecular formula is C15H13ClFNO2S. The van der Waals surface area contributed by atoms with E-state index in [1.165, 1.54) is 18.2 Å². The molecule has 0 saturated heterocycles. The van der Waals surface area contributed by atoms with E-state index < -0.39 is 15.8 Å². The summed E-state index contributed by atoms with van der Waals surface area (Å²) in [4.78, 5) is 0. The molecule has 0 fully saturated rings. The van der Waals surface area contributed by atoms with Gasteiger partial charge in [0.2, 0.25) is 0 Å². The van der Waals surface area contributed by atoms with E-state index in [1.807, 2.05) is 19.1 Å². The van der Waals surface area contributed by atoms with Gasteiger partial charge in [-0.25, -0.2) is 12.8 Å². The fourth-order valence-corrected chi connectivity index (χ4v) is 2.64. The third-order valence-electron chi connectivity index (χ3n) is 2.70. The molecule has 0 atom stereocenters. The molecule has 2 rings (SSSR count). The van der Waals surface area contributed by atoms with Crippen molar-refractivity contribution in [2.75, 3.05) is 4.72 Å². The molecule has 0 amide bonds. The third kappa shape index (κ3) is 4.58. The summed E-state index contributed by atoms with van der Waals surface area (Å²) in [5.41, 5.74) is 1.67. The Morgan fingerprint density at radius 2 is 1.81 bits per heavy atom. The van der Waals surface area contributed by atoms with Gasteiger partial charge in [0, 0.05) is 5.02 Å². The molecule has 2 aromatic rings. The second kappa shape index (κ2) is 6.28. The monoisotopic (exact) mass is 325 g/mol. The van der Waals surface area contributed by atoms with Crippen molar-refractivity contribution in [1.82, 2.24) is 0 Å². The highest BCUT2D eigenvalue weighted by Crippen LogP contribution is 2.20. The highest BCUT2D eigenvalue weighted by atomic mass is 35.5. The zero-order valence-electron chi connectivity index (χ0n) is 11.2. The lowest BCUT2D eigenvalue weighted by Crippen LogP contribution is -2.10. The molecule has 21 heavy (non-hydrogen) atoms. The Morgan fingerprint density at radius 1 is 1.14 bits per heavy atom. The zero-order valence-corrected chi connectivity index (χ0v) is 12.7. The van der Waals surface area contributed by atoms with Gasteiger partial charge in [0.1, 0.15) is 5.82 Å². The molecule has 0 unspecified atom stereocenters. The van der Waals surface area contributed by atoms with E-state index in [0.29, 0.717) is 0 Å². The lowest BCUT2D eigenvalue weighted by molar-refractivity contribution is 0.606. The standard InChI is InChI=1S/C15H13ClFNO2S/c1-11-2-4-12(5-3-11)8-9-21(19,20)18-15-7-6-13(16)10-14(15)17/h2-10,18H,1H3/b9-8+. The number of sulfonamides is 1. The fourth-order valence-electron chi connectivity index (χ4n) is 1.61. The average Bonchev–Trinajstić information content (AvgIpc) is 2.41. The first-order valence-electron chi connectivity index (χ1n) is 6.08. The largest absolute Gasteiger partial charge is 0.277 e. The number of halogens is 2. The summed E-state index contributed by atoms with van der Waals surface area (Å²) in [6.07, 6.45) is 1.44. The SMILES string of the molecule is Cc1ccc(/C=C/S(=O)(=O)Nc2ccc(Cl)cc2F)cc1. The van der Waals surface area contributed by atoms with Crippen molar-refractivity contribution in [3.63, 3.8) is 0 Å². The smallest absolute Gasteiger partial charge is 0.255 e. The first-order valence-corrected chi connectivity index (χ1v) is 8.01. The quantitative estimate of drug-likeness (QED) is 0.915. The Morgan fingerprint density at radius 3 is 2.43 bits per heavy atom. The highest BCUT2D eigenvalue weighted by Gasteiger charge is 2.10. The van der Waals surface area contributed by atoms with E-state index in [4.69, 9.17) is 11.6 Å². The summed E-state index contributed by atoms with van der Waals surface area (Å²) >= 11 is 5.61. The van der Waals surface area contributed by atoms with Crippen LogP contribution in [0.2, 0.25) is 5.02 Å². The summed E-state index contributed by atoms with van der Waals surface area (Å²) < 4.78 is 39.5. The van der Waals surface area contributed by atoms with Gasteiger partial charge in [-0.2, -0.15) is 0 Å². The van der Waals surface area contributed by atoms with Crippen LogP contribution >= 0.6 is 11.6 Å². The number of nitrogens with one attached hydrogen (secondary N) is 1. The van der Waals surface area contributed by atoms with E-state index >= 15 is 0 Å². The lowest BCUT2D eigenvalue weighted by Gasteiger charge is -2.05. The lowest BCUT2D eigenvalue weighted by atomic mass is 10.2. The normalized spacial score (nSPS) is 11.8. The average molecular weight is 326 g/mol. The summed E-state index contributed by atoms with van der Waals surface area (Å²) in [6, 6.07) is 11.1. The Labute approximate surface area is 128 Å². The maximum atomic E-state index is 13.6. The maximum Gasteiger partial charge on any atom is 0.255 e. The van der Waals surface area contributed by atoms with Gasteiger partial charge in [0.05, 0.1) is 11.1 Å². The van der Waals surface area contributed by atoms with Crippen molar-refractivity contribution in [3.05, 3.63) is 69.8 Å². The van der Waals surface area contributed by atoms with E-state index in [-0.39, 0.29) is 10.7 Å². The second-order valence-electron chi connectivity index (χ2n) is 4.48. The Bertz CT molecular complexity index is 771. The minimum absolute atomic E-state index is 0.145. The van der Waals surface area contributed by atoms with Gasteiger partial charge in [-0.1, -0.05) is 41.4 Å². The van der Waals surface area contributed by atoms with Crippen LogP contribution in [0.25, 0.3) is 6.08 Å². The van der Waals surface area contributed by atoms with E-state index in [1.54, 1.807) is 12.1 Å². The highest BCUT2D eigenvalue weighted by molar-refractivity contribution is 7.95. The molecule has 0 aliphatic heterocycles. The number of hydrogen-bond donors (Lipinski definition) is 1. The van der Waals surface area contributed by atoms with Crippen LogP contribution in [0.15, 0.2) is 47.9 Å². The first kappa shape index (κ1) is 15.5. The predicted molar refractivity (Wildman–Crippen MR) is 84.2 cm³/mol. The molecule has 3 nitrogen and oxygen atoms in total. The number of hydrogen-bond acceptors (Lipinski definition) is 2. The molecule has 0 aliphatic carbocycles. The molecule has 0 bridgehead atoms. The summed E-state index contributed by atoms with van der Waals surface area (Å²) in [5.74, 6) is -0.727. The fraction of sp³-hybridized carbons (Fsp3) is 0.0667. The molecule has 0 radical (unpaired) electrons. The molecule has 0 aromatic heterocycles. The van der Waals surface area contributed by atoms with Crippen molar-refractivity contribution in [2.24, 2.45) is 0 Å². The topological polar surface area (TPSA) is 46.2 Å². The van der Waals surface area contributed by atoms with Crippen molar-refractivity contribution < 1.29 is 12.8 Å². The van der Waals surface area contributed by atoms with Crippen LogP contribution in [0.1, 0.15) is 11.1 Å². The van der Waals surface area contributed by atoms with E-state index in [0.717, 1.165) is 22.6 Å². The minimum atomic E-state index is -3.79. The zero-order chi connectivity index (χ0) is 15.5. The number of rotatable bonds is 4. The first-order chi connectivity index (χ1) is 9.85. The van der Waals surface area contributed by atoms with Gasteiger partial charge >= 0.3 is 0 Å². The van der Waals surface area contributed by atoms with Gasteiger partial charge in [-0.3, -0.25) is 4.72 Å². The molecule has 2 aromatic carbocycles. The van der Waals surface area contributed by atoms with Crippen LogP contribution < -0.4 is 4.72 Å². The van der Waals surface area contributed by atoms with Crippen LogP contribution in [0, 0.1) is 12.7 Å². The summed E-state index contributed by atoms with van der Waals surface area (Å²) in [7, 11) is -3.79. The molecule has 1 N–H and O–H groups in total. The van der Waals surface area contributed by atoms with Gasteiger partial charge in [0.15, 0.2) is 0 Å². The molecular weight excluding hydrogens is 313 g/mol. The molecule has 110 valence electrons. The van der Waals surface area contributed by atoms with Crippen LogP contribution in [-0.2, 0) is 10.0 Å². The molecule has 0 saturated carbocycles. The van der Waals surface area contributed by atoms with Gasteiger partial charge in [-0.15, -0.1) is 0 Å². The van der Waals surface area contributed by atoms with Crippen LogP contribution in [0.5, 0.6) is 0 Å². The van der Waals surface area contributed by atoms with E-state index in [2.05, 4.69) is 4.72 Å². The second-order valence-corrected chi connectivity index (χ2v) is 6.49. The maximum absolute atomic E-state index is 13.6. The van der Waals surface area contributed by atoms with Gasteiger partial charge in [0.25, 0.3) is 10.0 Å². The molecule has 0 aliphatic rings. The van der Waals surface area contributed by atoms with Crippen molar-refractivity contribution in [1.29, 1.82) is 0 Å². The van der Waals surface area contributed by atoms with Gasteiger partial charge < -0.3 is 0 Å². The number of anilines is 1. The van der Waals surface area contributed by atoms with Crippen molar-refractivity contribution in [3.8, 4) is 0 Å². The predicted octanol–water partition coefficient (Wildman–Crippen LogP) is 4.20. The Balaban J connectivity index is 2.16.